The lowest BCUT2D eigenvalue weighted by Gasteiger charge is -2.24. The predicted molar refractivity (Wildman–Crippen MR) is 156 cm³/mol. The highest BCUT2D eigenvalue weighted by Crippen LogP contribution is 2.29. The number of hydrogen-bond acceptors (Lipinski definition) is 4. The minimum Gasteiger partial charge on any atom is -0.457 e. The Morgan fingerprint density at radius 2 is 1.44 bits per heavy atom. The van der Waals surface area contributed by atoms with Gasteiger partial charge in [-0.2, -0.15) is 4.31 Å². The highest BCUT2D eigenvalue weighted by molar-refractivity contribution is 7.89. The van der Waals surface area contributed by atoms with Crippen molar-refractivity contribution in [3.8, 4) is 11.5 Å². The van der Waals surface area contributed by atoms with Crippen LogP contribution in [0.25, 0.3) is 0 Å². The first kappa shape index (κ1) is 28.6. The van der Waals surface area contributed by atoms with Gasteiger partial charge in [-0.15, -0.1) is 0 Å². The maximum absolute atomic E-state index is 13.9. The summed E-state index contributed by atoms with van der Waals surface area (Å²) in [5.41, 5.74) is 3.29. The fourth-order valence-corrected chi connectivity index (χ4v) is 6.48. The third kappa shape index (κ3) is 7.19. The fourth-order valence-electron chi connectivity index (χ4n) is 4.36. The van der Waals surface area contributed by atoms with Gasteiger partial charge in [-0.25, -0.2) is 8.42 Å². The van der Waals surface area contributed by atoms with Gasteiger partial charge in [0.1, 0.15) is 11.5 Å². The molecule has 0 aliphatic carbocycles. The van der Waals surface area contributed by atoms with E-state index >= 15 is 0 Å². The van der Waals surface area contributed by atoms with Crippen LogP contribution in [0.5, 0.6) is 11.5 Å². The molecule has 0 radical (unpaired) electrons. The van der Waals surface area contributed by atoms with Crippen molar-refractivity contribution < 1.29 is 17.9 Å². The smallest absolute Gasteiger partial charge is 0.244 e. The molecule has 0 aliphatic heterocycles. The van der Waals surface area contributed by atoms with Gasteiger partial charge in [0.05, 0.1) is 21.5 Å². The van der Waals surface area contributed by atoms with Crippen LogP contribution in [-0.2, 0) is 21.4 Å². The summed E-state index contributed by atoms with van der Waals surface area (Å²) in [6.45, 7) is 4.95. The molecule has 0 unspecified atom stereocenters. The van der Waals surface area contributed by atoms with Crippen molar-refractivity contribution in [2.45, 2.75) is 32.2 Å². The number of rotatable bonds is 9. The second-order valence-corrected chi connectivity index (χ2v) is 11.9. The van der Waals surface area contributed by atoms with Crippen molar-refractivity contribution in [2.24, 2.45) is 0 Å². The number of nitrogens with one attached hydrogen (secondary N) is 1. The summed E-state index contributed by atoms with van der Waals surface area (Å²) in [6, 6.07) is 24.7. The third-order valence-electron chi connectivity index (χ3n) is 5.98. The van der Waals surface area contributed by atoms with E-state index in [9.17, 15) is 13.2 Å². The number of ether oxygens (including phenoxy) is 1. The molecule has 0 saturated heterocycles. The minimum absolute atomic E-state index is 0.0662. The van der Waals surface area contributed by atoms with Gasteiger partial charge < -0.3 is 10.1 Å². The summed E-state index contributed by atoms with van der Waals surface area (Å²) < 4.78 is 34.8. The topological polar surface area (TPSA) is 75.7 Å². The molecular weight excluding hydrogens is 555 g/mol. The maximum atomic E-state index is 13.9. The Morgan fingerprint density at radius 1 is 0.821 bits per heavy atom. The number of carbonyl (C=O) groups is 1. The molecule has 4 aromatic rings. The van der Waals surface area contributed by atoms with Crippen molar-refractivity contribution in [2.75, 3.05) is 11.9 Å². The van der Waals surface area contributed by atoms with E-state index in [1.807, 2.05) is 49.4 Å². The first-order chi connectivity index (χ1) is 18.5. The van der Waals surface area contributed by atoms with E-state index in [2.05, 4.69) is 5.32 Å². The van der Waals surface area contributed by atoms with Crippen molar-refractivity contribution in [1.29, 1.82) is 0 Å². The summed E-state index contributed by atoms with van der Waals surface area (Å²) >= 11 is 12.2. The summed E-state index contributed by atoms with van der Waals surface area (Å²) in [5, 5.41) is 3.44. The van der Waals surface area contributed by atoms with E-state index in [1.165, 1.54) is 0 Å². The predicted octanol–water partition coefficient (Wildman–Crippen LogP) is 7.54. The van der Waals surface area contributed by atoms with E-state index in [1.54, 1.807) is 56.3 Å². The number of aryl methyl sites for hydroxylation is 3. The zero-order valence-electron chi connectivity index (χ0n) is 21.7. The monoisotopic (exact) mass is 582 g/mol. The lowest BCUT2D eigenvalue weighted by atomic mass is 10.1. The van der Waals surface area contributed by atoms with Gasteiger partial charge in [-0.1, -0.05) is 65.2 Å². The molecule has 0 atom stereocenters. The summed E-state index contributed by atoms with van der Waals surface area (Å²) in [4.78, 5) is 13.3. The number of para-hydroxylation sites is 1. The zero-order valence-corrected chi connectivity index (χ0v) is 24.1. The second-order valence-electron chi connectivity index (χ2n) is 9.24. The van der Waals surface area contributed by atoms with Crippen molar-refractivity contribution >= 4 is 44.8 Å². The first-order valence-electron chi connectivity index (χ1n) is 12.2. The Bertz CT molecular complexity index is 1570. The molecule has 0 saturated carbocycles. The third-order valence-corrected chi connectivity index (χ3v) is 8.82. The Labute approximate surface area is 239 Å². The fraction of sp³-hybridized carbons (Fsp3) is 0.167. The molecule has 6 nitrogen and oxygen atoms in total. The Balaban J connectivity index is 1.57. The number of benzene rings is 4. The van der Waals surface area contributed by atoms with Crippen molar-refractivity contribution in [3.63, 3.8) is 0 Å². The van der Waals surface area contributed by atoms with Crippen LogP contribution in [0.4, 0.5) is 5.69 Å². The van der Waals surface area contributed by atoms with E-state index in [0.29, 0.717) is 43.9 Å². The van der Waals surface area contributed by atoms with Crippen LogP contribution in [0.3, 0.4) is 0 Å². The number of amides is 1. The Kier molecular flexibility index (Phi) is 8.97. The van der Waals surface area contributed by atoms with Crippen LogP contribution in [0.15, 0.2) is 89.8 Å². The lowest BCUT2D eigenvalue weighted by molar-refractivity contribution is -0.116. The van der Waals surface area contributed by atoms with Gasteiger partial charge in [-0.05, 0) is 86.0 Å². The number of anilines is 1. The molecular formula is C30H28Cl2N2O4S. The van der Waals surface area contributed by atoms with Crippen LogP contribution in [0, 0.1) is 20.8 Å². The Hall–Kier alpha value is -3.36. The molecule has 0 spiro atoms. The molecule has 4 aromatic carbocycles. The molecule has 9 heteroatoms. The molecule has 202 valence electrons. The average Bonchev–Trinajstić information content (AvgIpc) is 2.87. The van der Waals surface area contributed by atoms with Crippen LogP contribution in [-0.4, -0.2) is 25.2 Å². The quantitative estimate of drug-likeness (QED) is 0.221. The average molecular weight is 584 g/mol. The SMILES string of the molecule is Cc1cc(C)c(S(=O)(=O)N(CC(=O)Nc2ccc(Oc3ccccc3)cc2)Cc2ccc(Cl)c(Cl)c2)c(C)c1. The number of hydrogen-bond donors (Lipinski definition) is 1. The molecule has 0 aromatic heterocycles. The first-order valence-corrected chi connectivity index (χ1v) is 14.4. The molecule has 0 heterocycles. The standard InChI is InChI=1S/C30H28Cl2N2O4S/c1-20-15-21(2)30(22(3)16-20)39(36,37)34(18-23-9-14-27(31)28(32)17-23)19-29(35)33-24-10-12-26(13-11-24)38-25-7-5-4-6-8-25/h4-17H,18-19H2,1-3H3,(H,33,35). The molecule has 0 bridgehead atoms. The molecule has 4 rings (SSSR count). The lowest BCUT2D eigenvalue weighted by Crippen LogP contribution is -2.38. The minimum atomic E-state index is -4.05. The second kappa shape index (κ2) is 12.2. The van der Waals surface area contributed by atoms with Crippen molar-refractivity contribution in [3.05, 3.63) is 117 Å². The van der Waals surface area contributed by atoms with Crippen LogP contribution >= 0.6 is 23.2 Å². The van der Waals surface area contributed by atoms with Gasteiger partial charge in [-0.3, -0.25) is 4.79 Å². The van der Waals surface area contributed by atoms with Crippen LogP contribution < -0.4 is 10.1 Å². The summed E-state index contributed by atoms with van der Waals surface area (Å²) in [7, 11) is -4.05. The van der Waals surface area contributed by atoms with Gasteiger partial charge in [0, 0.05) is 12.2 Å². The maximum Gasteiger partial charge on any atom is 0.244 e. The van der Waals surface area contributed by atoms with Crippen LogP contribution in [0.2, 0.25) is 10.0 Å². The van der Waals surface area contributed by atoms with Gasteiger partial charge >= 0.3 is 0 Å². The highest BCUT2D eigenvalue weighted by Gasteiger charge is 2.30. The van der Waals surface area contributed by atoms with E-state index in [-0.39, 0.29) is 11.4 Å². The molecule has 1 amide bonds. The van der Waals surface area contributed by atoms with E-state index in [0.717, 1.165) is 9.87 Å². The molecule has 1 N–H and O–H groups in total. The van der Waals surface area contributed by atoms with E-state index in [4.69, 9.17) is 27.9 Å². The number of halogens is 2. The van der Waals surface area contributed by atoms with Crippen LogP contribution in [0.1, 0.15) is 22.3 Å². The number of sulfonamides is 1. The van der Waals surface area contributed by atoms with Crippen molar-refractivity contribution in [1.82, 2.24) is 4.31 Å². The van der Waals surface area contributed by atoms with Gasteiger partial charge in [0.25, 0.3) is 0 Å². The molecule has 39 heavy (non-hydrogen) atoms. The van der Waals surface area contributed by atoms with E-state index < -0.39 is 22.5 Å². The molecule has 0 fully saturated rings. The summed E-state index contributed by atoms with van der Waals surface area (Å²) in [5.74, 6) is 0.810. The number of nitrogens with zero attached hydrogens (tertiary/aromatic N) is 1. The largest absolute Gasteiger partial charge is 0.457 e. The van der Waals surface area contributed by atoms with Gasteiger partial charge in [0.2, 0.25) is 15.9 Å². The summed E-state index contributed by atoms with van der Waals surface area (Å²) in [6.07, 6.45) is 0. The normalized spacial score (nSPS) is 11.4. The number of carbonyl (C=O) groups excluding carboxylic acids is 1. The Morgan fingerprint density at radius 3 is 2.05 bits per heavy atom. The highest BCUT2D eigenvalue weighted by atomic mass is 35.5. The molecule has 0 aliphatic rings. The zero-order chi connectivity index (χ0) is 28.2. The van der Waals surface area contributed by atoms with Gasteiger partial charge in [0.15, 0.2) is 0 Å².